The number of ether oxygens (including phenoxy) is 3. The van der Waals surface area contributed by atoms with E-state index in [0.717, 1.165) is 5.56 Å². The number of carbonyl (C=O) groups is 2. The first kappa shape index (κ1) is 23.2. The van der Waals surface area contributed by atoms with Gasteiger partial charge in [-0.2, -0.15) is 0 Å². The fourth-order valence-electron chi connectivity index (χ4n) is 3.83. The van der Waals surface area contributed by atoms with Crippen molar-refractivity contribution in [1.29, 1.82) is 0 Å². The lowest BCUT2D eigenvalue weighted by atomic mass is 9.72. The molecule has 1 aliphatic heterocycles. The molecule has 2 rings (SSSR count). The molecule has 3 atom stereocenters. The van der Waals surface area contributed by atoms with Crippen molar-refractivity contribution in [3.63, 3.8) is 0 Å². The lowest BCUT2D eigenvalue weighted by molar-refractivity contribution is -0.146. The second-order valence-corrected chi connectivity index (χ2v) is 8.88. The Balaban J connectivity index is 2.31. The number of carbonyl (C=O) groups excluding carboxylic acids is 2. The van der Waals surface area contributed by atoms with E-state index in [4.69, 9.17) is 14.2 Å². The zero-order valence-corrected chi connectivity index (χ0v) is 18.2. The quantitative estimate of drug-likeness (QED) is 0.523. The van der Waals surface area contributed by atoms with Gasteiger partial charge in [0.25, 0.3) is 0 Å². The molecule has 1 N–H and O–H groups in total. The van der Waals surface area contributed by atoms with Gasteiger partial charge in [0.1, 0.15) is 12.2 Å². The summed E-state index contributed by atoms with van der Waals surface area (Å²) in [4.78, 5) is 24.3. The number of nitrogens with zero attached hydrogens (tertiary/aromatic N) is 1. The highest BCUT2D eigenvalue weighted by atomic mass is 16.5. The number of esters is 1. The van der Waals surface area contributed by atoms with Crippen molar-refractivity contribution in [3.8, 4) is 11.5 Å². The zero-order chi connectivity index (χ0) is 21.8. The summed E-state index contributed by atoms with van der Waals surface area (Å²) in [6.07, 6.45) is -0.0313. The van der Waals surface area contributed by atoms with Crippen LogP contribution in [0.3, 0.4) is 0 Å². The SMILES string of the molecule is COc1ccc(C2CN(CC(=O)OCC=O)CC2(C)C(C)O)cc1OC(C)(C)C. The van der Waals surface area contributed by atoms with E-state index in [0.29, 0.717) is 30.9 Å². The molecule has 0 spiro atoms. The Labute approximate surface area is 172 Å². The topological polar surface area (TPSA) is 85.3 Å². The maximum atomic E-state index is 12.0. The van der Waals surface area contributed by atoms with E-state index in [-0.39, 0.29) is 24.7 Å². The van der Waals surface area contributed by atoms with Gasteiger partial charge in [0.15, 0.2) is 17.8 Å². The van der Waals surface area contributed by atoms with E-state index in [9.17, 15) is 14.7 Å². The second kappa shape index (κ2) is 9.13. The maximum Gasteiger partial charge on any atom is 0.320 e. The molecule has 29 heavy (non-hydrogen) atoms. The minimum absolute atomic E-state index is 0.0189. The Hall–Kier alpha value is -2.12. The molecule has 162 valence electrons. The molecule has 0 radical (unpaired) electrons. The van der Waals surface area contributed by atoms with E-state index < -0.39 is 17.5 Å². The van der Waals surface area contributed by atoms with Gasteiger partial charge < -0.3 is 19.3 Å². The van der Waals surface area contributed by atoms with E-state index in [1.807, 2.05) is 50.8 Å². The standard InChI is InChI=1S/C22H33NO6/c1-15(25)22(5)14-23(13-20(26)28-10-9-24)12-17(22)16-7-8-18(27-6)19(11-16)29-21(2,3)4/h7-9,11,15,17,25H,10,12-14H2,1-6H3. The highest BCUT2D eigenvalue weighted by Gasteiger charge is 2.47. The lowest BCUT2D eigenvalue weighted by Gasteiger charge is -2.34. The van der Waals surface area contributed by atoms with Crippen LogP contribution in [0.4, 0.5) is 0 Å². The molecule has 1 aliphatic rings. The zero-order valence-electron chi connectivity index (χ0n) is 18.2. The van der Waals surface area contributed by atoms with Crippen molar-refractivity contribution in [2.45, 2.75) is 52.2 Å². The van der Waals surface area contributed by atoms with E-state index in [2.05, 4.69) is 0 Å². The van der Waals surface area contributed by atoms with Crippen molar-refractivity contribution in [3.05, 3.63) is 23.8 Å². The van der Waals surface area contributed by atoms with Gasteiger partial charge in [0.2, 0.25) is 0 Å². The minimum atomic E-state index is -0.586. The molecule has 7 nitrogen and oxygen atoms in total. The fraction of sp³-hybridized carbons (Fsp3) is 0.636. The molecular weight excluding hydrogens is 374 g/mol. The summed E-state index contributed by atoms with van der Waals surface area (Å²) in [6.45, 7) is 10.7. The Morgan fingerprint density at radius 3 is 2.62 bits per heavy atom. The van der Waals surface area contributed by atoms with Crippen LogP contribution in [0.2, 0.25) is 0 Å². The minimum Gasteiger partial charge on any atom is -0.493 e. The Kier molecular flexibility index (Phi) is 7.30. The van der Waals surface area contributed by atoms with Crippen LogP contribution in [0, 0.1) is 5.41 Å². The molecule has 0 aliphatic carbocycles. The van der Waals surface area contributed by atoms with Gasteiger partial charge in [0.05, 0.1) is 19.8 Å². The van der Waals surface area contributed by atoms with Gasteiger partial charge in [-0.25, -0.2) is 0 Å². The lowest BCUT2D eigenvalue weighted by Crippen LogP contribution is -2.38. The van der Waals surface area contributed by atoms with Crippen molar-refractivity contribution in [2.75, 3.05) is 33.4 Å². The smallest absolute Gasteiger partial charge is 0.320 e. The number of methoxy groups -OCH3 is 1. The summed E-state index contributed by atoms with van der Waals surface area (Å²) in [5.41, 5.74) is 0.166. The molecule has 1 fully saturated rings. The van der Waals surface area contributed by atoms with E-state index in [1.165, 1.54) is 0 Å². The molecule has 7 heteroatoms. The Morgan fingerprint density at radius 1 is 1.38 bits per heavy atom. The van der Waals surface area contributed by atoms with Crippen molar-refractivity contribution in [2.24, 2.45) is 5.41 Å². The first-order chi connectivity index (χ1) is 13.5. The number of aldehydes is 1. The van der Waals surface area contributed by atoms with Crippen LogP contribution < -0.4 is 9.47 Å². The van der Waals surface area contributed by atoms with Gasteiger partial charge in [0, 0.05) is 24.4 Å². The number of likely N-dealkylation sites (tertiary alicyclic amines) is 1. The van der Waals surface area contributed by atoms with Crippen molar-refractivity contribution < 1.29 is 28.9 Å². The van der Waals surface area contributed by atoms with Crippen LogP contribution >= 0.6 is 0 Å². The average molecular weight is 408 g/mol. The second-order valence-electron chi connectivity index (χ2n) is 8.88. The summed E-state index contributed by atoms with van der Waals surface area (Å²) < 4.78 is 16.4. The molecular formula is C22H33NO6. The predicted molar refractivity (Wildman–Crippen MR) is 109 cm³/mol. The predicted octanol–water partition coefficient (Wildman–Crippen LogP) is 2.40. The molecule has 0 aromatic heterocycles. The number of aliphatic hydroxyl groups is 1. The number of aliphatic hydroxyl groups excluding tert-OH is 1. The number of rotatable bonds is 8. The van der Waals surface area contributed by atoms with E-state index in [1.54, 1.807) is 14.0 Å². The first-order valence-corrected chi connectivity index (χ1v) is 9.87. The molecule has 0 amide bonds. The number of benzene rings is 1. The molecule has 1 aromatic rings. The van der Waals surface area contributed by atoms with Gasteiger partial charge >= 0.3 is 5.97 Å². The van der Waals surface area contributed by atoms with Crippen LogP contribution in [-0.2, 0) is 14.3 Å². The normalized spacial score (nSPS) is 23.5. The first-order valence-electron chi connectivity index (χ1n) is 9.87. The summed E-state index contributed by atoms with van der Waals surface area (Å²) >= 11 is 0. The summed E-state index contributed by atoms with van der Waals surface area (Å²) in [5.74, 6) is 0.829. The highest BCUT2D eigenvalue weighted by Crippen LogP contribution is 2.47. The van der Waals surface area contributed by atoms with E-state index >= 15 is 0 Å². The summed E-state index contributed by atoms with van der Waals surface area (Å²) in [7, 11) is 1.60. The molecule has 1 aromatic carbocycles. The molecule has 0 bridgehead atoms. The van der Waals surface area contributed by atoms with Crippen LogP contribution in [0.25, 0.3) is 0 Å². The Morgan fingerprint density at radius 2 is 2.07 bits per heavy atom. The average Bonchev–Trinajstić information content (AvgIpc) is 2.96. The van der Waals surface area contributed by atoms with Gasteiger partial charge in [-0.3, -0.25) is 14.5 Å². The van der Waals surface area contributed by atoms with Gasteiger partial charge in [-0.15, -0.1) is 0 Å². The molecule has 1 heterocycles. The van der Waals surface area contributed by atoms with Gasteiger partial charge in [-0.05, 0) is 45.4 Å². The summed E-state index contributed by atoms with van der Waals surface area (Å²) in [5, 5.41) is 10.5. The van der Waals surface area contributed by atoms with Gasteiger partial charge in [-0.1, -0.05) is 13.0 Å². The number of hydrogen-bond donors (Lipinski definition) is 1. The Bertz CT molecular complexity index is 727. The molecule has 1 saturated heterocycles. The monoisotopic (exact) mass is 407 g/mol. The van der Waals surface area contributed by atoms with Crippen LogP contribution in [0.1, 0.15) is 46.1 Å². The fourth-order valence-corrected chi connectivity index (χ4v) is 3.83. The van der Waals surface area contributed by atoms with Crippen LogP contribution in [0.15, 0.2) is 18.2 Å². The maximum absolute atomic E-state index is 12.0. The molecule has 3 unspecified atom stereocenters. The third-order valence-corrected chi connectivity index (χ3v) is 5.43. The highest BCUT2D eigenvalue weighted by molar-refractivity contribution is 5.73. The third kappa shape index (κ3) is 5.70. The third-order valence-electron chi connectivity index (χ3n) is 5.43. The largest absolute Gasteiger partial charge is 0.493 e. The number of hydrogen-bond acceptors (Lipinski definition) is 7. The van der Waals surface area contributed by atoms with Crippen molar-refractivity contribution in [1.82, 2.24) is 4.90 Å². The molecule has 0 saturated carbocycles. The van der Waals surface area contributed by atoms with Crippen LogP contribution in [-0.4, -0.2) is 67.3 Å². The van der Waals surface area contributed by atoms with Crippen LogP contribution in [0.5, 0.6) is 11.5 Å². The van der Waals surface area contributed by atoms with Crippen molar-refractivity contribution >= 4 is 12.3 Å². The summed E-state index contributed by atoms with van der Waals surface area (Å²) in [6, 6.07) is 5.82.